The highest BCUT2D eigenvalue weighted by atomic mass is 19.1. The van der Waals surface area contributed by atoms with E-state index in [2.05, 4.69) is 28.8 Å². The molecule has 0 fully saturated rings. The van der Waals surface area contributed by atoms with Gasteiger partial charge in [-0.2, -0.15) is 0 Å². The molecule has 0 spiro atoms. The average molecular weight is 467 g/mol. The van der Waals surface area contributed by atoms with Crippen LogP contribution < -0.4 is 20.3 Å². The molecule has 180 valence electrons. The second kappa shape index (κ2) is 11.2. The van der Waals surface area contributed by atoms with Crippen LogP contribution in [0.15, 0.2) is 53.6 Å². The molecule has 0 aromatic carbocycles. The highest BCUT2D eigenvalue weighted by molar-refractivity contribution is 5.74. The number of pyridine rings is 3. The molecule has 34 heavy (non-hydrogen) atoms. The third kappa shape index (κ3) is 5.99. The number of nitrogens with zero attached hydrogens (tertiary/aromatic N) is 3. The Balaban J connectivity index is 1.30. The van der Waals surface area contributed by atoms with Gasteiger partial charge < -0.3 is 19.4 Å². The quantitative estimate of drug-likeness (QED) is 0.423. The van der Waals surface area contributed by atoms with Gasteiger partial charge in [0.25, 0.3) is 11.4 Å². The van der Waals surface area contributed by atoms with Crippen LogP contribution in [0, 0.1) is 5.82 Å². The van der Waals surface area contributed by atoms with Gasteiger partial charge in [-0.25, -0.2) is 9.37 Å². The van der Waals surface area contributed by atoms with E-state index in [-0.39, 0.29) is 5.56 Å². The Bertz CT molecular complexity index is 1210. The molecule has 1 aliphatic heterocycles. The Kier molecular flexibility index (Phi) is 7.90. The molecule has 1 atom stereocenters. The molecular formula is C26H31FN4O3. The second-order valence-electron chi connectivity index (χ2n) is 8.63. The van der Waals surface area contributed by atoms with E-state index < -0.39 is 5.82 Å². The molecule has 7 nitrogen and oxygen atoms in total. The van der Waals surface area contributed by atoms with Crippen LogP contribution in [-0.4, -0.2) is 33.8 Å². The van der Waals surface area contributed by atoms with Gasteiger partial charge in [-0.05, 0) is 43.4 Å². The molecule has 0 amide bonds. The topological polar surface area (TPSA) is 78.3 Å². The monoisotopic (exact) mass is 466 g/mol. The minimum Gasteiger partial charge on any atom is -0.484 e. The molecule has 1 N–H and O–H groups in total. The minimum atomic E-state index is -0.452. The third-order valence-electron chi connectivity index (χ3n) is 6.03. The number of aromatic nitrogens is 3. The van der Waals surface area contributed by atoms with Gasteiger partial charge in [0.05, 0.1) is 17.2 Å². The molecular weight excluding hydrogens is 435 g/mol. The molecule has 1 unspecified atom stereocenters. The van der Waals surface area contributed by atoms with Gasteiger partial charge in [-0.3, -0.25) is 9.78 Å². The summed E-state index contributed by atoms with van der Waals surface area (Å²) in [7, 11) is 0. The number of halogens is 1. The van der Waals surface area contributed by atoms with E-state index >= 15 is 0 Å². The van der Waals surface area contributed by atoms with E-state index in [1.807, 2.05) is 12.3 Å². The van der Waals surface area contributed by atoms with Gasteiger partial charge in [0.2, 0.25) is 0 Å². The lowest BCUT2D eigenvalue weighted by Gasteiger charge is -2.21. The minimum absolute atomic E-state index is 0.161. The van der Waals surface area contributed by atoms with Crippen LogP contribution in [0.4, 0.5) is 4.39 Å². The zero-order valence-electron chi connectivity index (χ0n) is 19.6. The molecule has 0 aliphatic carbocycles. The first-order valence-corrected chi connectivity index (χ1v) is 11.8. The summed E-state index contributed by atoms with van der Waals surface area (Å²) in [5.41, 5.74) is 3.08. The lowest BCUT2D eigenvalue weighted by molar-refractivity contribution is 0.164. The summed E-state index contributed by atoms with van der Waals surface area (Å²) >= 11 is 0. The standard InChI is InChI=1S/C26H31FN4O3/c1-3-4-21(28-15-19-13-24-26(30-16-19)34-12-11-33-24)6-5-18(2)9-10-31-23-14-20(27)17-29-22(23)7-8-25(31)32/h7-8,13-14,16-17,21,28H,2-6,9-12,15H2,1H3. The molecule has 1 aliphatic rings. The van der Waals surface area contributed by atoms with Crippen LogP contribution in [-0.2, 0) is 13.1 Å². The van der Waals surface area contributed by atoms with Crippen molar-refractivity contribution in [1.82, 2.24) is 19.9 Å². The fourth-order valence-electron chi connectivity index (χ4n) is 4.18. The number of ether oxygens (including phenoxy) is 2. The van der Waals surface area contributed by atoms with Gasteiger partial charge in [0.1, 0.15) is 19.0 Å². The summed E-state index contributed by atoms with van der Waals surface area (Å²) in [5.74, 6) is 0.803. The highest BCUT2D eigenvalue weighted by Gasteiger charge is 2.15. The summed E-state index contributed by atoms with van der Waals surface area (Å²) in [5, 5.41) is 3.63. The number of hydrogen-bond donors (Lipinski definition) is 1. The van der Waals surface area contributed by atoms with Gasteiger partial charge in [0.15, 0.2) is 5.75 Å². The molecule has 0 saturated carbocycles. The van der Waals surface area contributed by atoms with Crippen molar-refractivity contribution >= 4 is 11.0 Å². The van der Waals surface area contributed by atoms with Crippen LogP contribution in [0.2, 0.25) is 0 Å². The maximum Gasteiger partial charge on any atom is 0.257 e. The van der Waals surface area contributed by atoms with Crippen LogP contribution in [0.1, 0.15) is 44.6 Å². The number of allylic oxidation sites excluding steroid dienone is 1. The van der Waals surface area contributed by atoms with Crippen molar-refractivity contribution in [2.24, 2.45) is 0 Å². The maximum absolute atomic E-state index is 13.7. The molecule has 4 rings (SSSR count). The van der Waals surface area contributed by atoms with Gasteiger partial charge in [0, 0.05) is 37.5 Å². The lowest BCUT2D eigenvalue weighted by atomic mass is 10.0. The first-order chi connectivity index (χ1) is 16.5. The van der Waals surface area contributed by atoms with Crippen molar-refractivity contribution in [2.45, 2.75) is 58.2 Å². The first-order valence-electron chi connectivity index (χ1n) is 11.8. The Labute approximate surface area is 198 Å². The van der Waals surface area contributed by atoms with E-state index in [9.17, 15) is 9.18 Å². The molecule has 4 heterocycles. The van der Waals surface area contributed by atoms with Crippen LogP contribution >= 0.6 is 0 Å². The Morgan fingerprint density at radius 2 is 2.03 bits per heavy atom. The van der Waals surface area contributed by atoms with E-state index in [0.29, 0.717) is 61.4 Å². The van der Waals surface area contributed by atoms with Crippen molar-refractivity contribution in [3.05, 3.63) is 70.5 Å². The van der Waals surface area contributed by atoms with Crippen molar-refractivity contribution in [1.29, 1.82) is 0 Å². The second-order valence-corrected chi connectivity index (χ2v) is 8.63. The van der Waals surface area contributed by atoms with Crippen LogP contribution in [0.3, 0.4) is 0 Å². The number of fused-ring (bicyclic) bond motifs is 2. The molecule has 0 bridgehead atoms. The summed E-state index contributed by atoms with van der Waals surface area (Å²) < 4.78 is 26.4. The smallest absolute Gasteiger partial charge is 0.257 e. The van der Waals surface area contributed by atoms with Crippen molar-refractivity contribution in [2.75, 3.05) is 13.2 Å². The zero-order chi connectivity index (χ0) is 23.9. The van der Waals surface area contributed by atoms with E-state index in [0.717, 1.165) is 43.0 Å². The van der Waals surface area contributed by atoms with Crippen molar-refractivity contribution in [3.8, 4) is 11.6 Å². The van der Waals surface area contributed by atoms with Gasteiger partial charge >= 0.3 is 0 Å². The number of rotatable bonds is 11. The van der Waals surface area contributed by atoms with Crippen molar-refractivity contribution in [3.63, 3.8) is 0 Å². The highest BCUT2D eigenvalue weighted by Crippen LogP contribution is 2.28. The molecule has 3 aromatic rings. The van der Waals surface area contributed by atoms with E-state index in [1.54, 1.807) is 10.6 Å². The predicted octanol–water partition coefficient (Wildman–Crippen LogP) is 4.39. The Morgan fingerprint density at radius 3 is 2.88 bits per heavy atom. The van der Waals surface area contributed by atoms with Crippen molar-refractivity contribution < 1.29 is 13.9 Å². The Morgan fingerprint density at radius 1 is 1.18 bits per heavy atom. The predicted molar refractivity (Wildman–Crippen MR) is 130 cm³/mol. The van der Waals surface area contributed by atoms with Crippen LogP contribution in [0.25, 0.3) is 11.0 Å². The summed E-state index contributed by atoms with van der Waals surface area (Å²) in [4.78, 5) is 20.8. The normalized spacial score (nSPS) is 13.7. The maximum atomic E-state index is 13.7. The molecule has 0 radical (unpaired) electrons. The Hall–Kier alpha value is -3.26. The number of aryl methyl sites for hydroxylation is 1. The third-order valence-corrected chi connectivity index (χ3v) is 6.03. The lowest BCUT2D eigenvalue weighted by Crippen LogP contribution is -2.29. The summed E-state index contributed by atoms with van der Waals surface area (Å²) in [6.07, 6.45) is 7.57. The first kappa shape index (κ1) is 23.9. The summed E-state index contributed by atoms with van der Waals surface area (Å²) in [6, 6.07) is 6.79. The zero-order valence-corrected chi connectivity index (χ0v) is 19.6. The average Bonchev–Trinajstić information content (AvgIpc) is 2.85. The molecule has 8 heteroatoms. The van der Waals surface area contributed by atoms with E-state index in [4.69, 9.17) is 9.47 Å². The van der Waals surface area contributed by atoms with E-state index in [1.165, 1.54) is 12.1 Å². The fraction of sp³-hybridized carbons (Fsp3) is 0.423. The SMILES string of the molecule is C=C(CCC(CCC)NCc1cnc2c(c1)OCCO2)CCn1c(=O)ccc2ncc(F)cc21. The fourth-order valence-corrected chi connectivity index (χ4v) is 4.18. The largest absolute Gasteiger partial charge is 0.484 e. The number of hydrogen-bond acceptors (Lipinski definition) is 6. The van der Waals surface area contributed by atoms with Gasteiger partial charge in [-0.15, -0.1) is 0 Å². The van der Waals surface area contributed by atoms with Crippen LogP contribution in [0.5, 0.6) is 11.6 Å². The van der Waals surface area contributed by atoms with Gasteiger partial charge in [-0.1, -0.05) is 25.5 Å². The molecule has 0 saturated heterocycles. The number of nitrogens with one attached hydrogen (secondary N) is 1. The summed E-state index contributed by atoms with van der Waals surface area (Å²) in [6.45, 7) is 8.63. The molecule has 3 aromatic heterocycles.